The van der Waals surface area contributed by atoms with E-state index in [9.17, 15) is 9.59 Å². The number of nitrogens with one attached hydrogen (secondary N) is 1. The second kappa shape index (κ2) is 7.38. The van der Waals surface area contributed by atoms with Gasteiger partial charge in [-0.15, -0.1) is 0 Å². The van der Waals surface area contributed by atoms with Crippen molar-refractivity contribution in [2.75, 3.05) is 5.32 Å². The molecule has 1 amide bonds. The molecule has 0 bridgehead atoms. The van der Waals surface area contributed by atoms with Crippen LogP contribution in [0.2, 0.25) is 0 Å². The first kappa shape index (κ1) is 15.7. The highest BCUT2D eigenvalue weighted by Crippen LogP contribution is 2.14. The van der Waals surface area contributed by atoms with Crippen LogP contribution in [-0.2, 0) is 20.7 Å². The van der Waals surface area contributed by atoms with Gasteiger partial charge in [0.05, 0.1) is 6.42 Å². The van der Waals surface area contributed by atoms with Crippen LogP contribution in [0.4, 0.5) is 5.69 Å². The van der Waals surface area contributed by atoms with E-state index in [0.717, 1.165) is 10.0 Å². The Bertz CT molecular complexity index is 610. The SMILES string of the molecule is C[C@H](OC(=O)Cc1ccsc1)C(=O)Nc1ccc(Br)cc1. The maximum absolute atomic E-state index is 11.9. The predicted octanol–water partition coefficient (Wildman–Crippen LogP) is 3.62. The van der Waals surface area contributed by atoms with Gasteiger partial charge in [0.15, 0.2) is 6.10 Å². The Labute approximate surface area is 135 Å². The number of ether oxygens (including phenoxy) is 1. The van der Waals surface area contributed by atoms with Crippen molar-refractivity contribution < 1.29 is 14.3 Å². The quantitative estimate of drug-likeness (QED) is 0.821. The molecular weight excluding hydrogens is 354 g/mol. The standard InChI is InChI=1S/C15H14BrNO3S/c1-10(20-14(18)8-11-6-7-21-9-11)15(19)17-13-4-2-12(16)3-5-13/h2-7,9-10H,8H2,1H3,(H,17,19)/t10-/m0/s1. The zero-order chi connectivity index (χ0) is 15.2. The Morgan fingerprint density at radius 2 is 2.00 bits per heavy atom. The second-order valence-corrected chi connectivity index (χ2v) is 6.13. The first-order valence-electron chi connectivity index (χ1n) is 6.31. The van der Waals surface area contributed by atoms with Crippen molar-refractivity contribution >= 4 is 44.8 Å². The van der Waals surface area contributed by atoms with Crippen LogP contribution in [-0.4, -0.2) is 18.0 Å². The molecule has 0 fully saturated rings. The summed E-state index contributed by atoms with van der Waals surface area (Å²) in [6, 6.07) is 9.04. The molecule has 1 aromatic heterocycles. The van der Waals surface area contributed by atoms with Gasteiger partial charge in [0.25, 0.3) is 5.91 Å². The van der Waals surface area contributed by atoms with Crippen LogP contribution < -0.4 is 5.32 Å². The van der Waals surface area contributed by atoms with Crippen LogP contribution >= 0.6 is 27.3 Å². The predicted molar refractivity (Wildman–Crippen MR) is 86.3 cm³/mol. The molecule has 0 aliphatic rings. The Morgan fingerprint density at radius 3 is 2.62 bits per heavy atom. The molecule has 2 aromatic rings. The third-order valence-corrected chi connectivity index (χ3v) is 3.98. The first-order chi connectivity index (χ1) is 10.0. The number of hydrogen-bond acceptors (Lipinski definition) is 4. The maximum Gasteiger partial charge on any atom is 0.311 e. The molecule has 1 N–H and O–H groups in total. The second-order valence-electron chi connectivity index (χ2n) is 4.44. The molecule has 6 heteroatoms. The van der Waals surface area contributed by atoms with Crippen molar-refractivity contribution in [3.8, 4) is 0 Å². The van der Waals surface area contributed by atoms with E-state index in [0.29, 0.717) is 5.69 Å². The van der Waals surface area contributed by atoms with Crippen molar-refractivity contribution in [3.05, 3.63) is 51.1 Å². The van der Waals surface area contributed by atoms with E-state index in [4.69, 9.17) is 4.74 Å². The molecule has 0 unspecified atom stereocenters. The Hall–Kier alpha value is -1.66. The lowest BCUT2D eigenvalue weighted by Crippen LogP contribution is -2.30. The third kappa shape index (κ3) is 4.99. The van der Waals surface area contributed by atoms with Gasteiger partial charge < -0.3 is 10.1 Å². The van der Waals surface area contributed by atoms with E-state index in [1.165, 1.54) is 11.3 Å². The minimum absolute atomic E-state index is 0.180. The summed E-state index contributed by atoms with van der Waals surface area (Å²) in [5.41, 5.74) is 1.55. The number of carbonyl (C=O) groups is 2. The van der Waals surface area contributed by atoms with Gasteiger partial charge in [0, 0.05) is 10.2 Å². The summed E-state index contributed by atoms with van der Waals surface area (Å²) in [6.45, 7) is 1.56. The fourth-order valence-electron chi connectivity index (χ4n) is 1.63. The largest absolute Gasteiger partial charge is 0.452 e. The number of esters is 1. The van der Waals surface area contributed by atoms with Gasteiger partial charge in [-0.25, -0.2) is 0 Å². The number of amides is 1. The normalized spacial score (nSPS) is 11.7. The molecule has 110 valence electrons. The minimum Gasteiger partial charge on any atom is -0.452 e. The van der Waals surface area contributed by atoms with Crippen LogP contribution in [0.15, 0.2) is 45.6 Å². The number of rotatable bonds is 5. The molecule has 21 heavy (non-hydrogen) atoms. The molecule has 1 atom stereocenters. The molecule has 0 aliphatic heterocycles. The summed E-state index contributed by atoms with van der Waals surface area (Å²) >= 11 is 4.84. The smallest absolute Gasteiger partial charge is 0.311 e. The Morgan fingerprint density at radius 1 is 1.29 bits per heavy atom. The molecular formula is C15H14BrNO3S. The molecule has 0 spiro atoms. The van der Waals surface area contributed by atoms with Gasteiger partial charge >= 0.3 is 5.97 Å². The number of hydrogen-bond donors (Lipinski definition) is 1. The zero-order valence-corrected chi connectivity index (χ0v) is 13.7. The lowest BCUT2D eigenvalue weighted by atomic mass is 10.2. The fourth-order valence-corrected chi connectivity index (χ4v) is 2.56. The van der Waals surface area contributed by atoms with Crippen molar-refractivity contribution in [3.63, 3.8) is 0 Å². The van der Waals surface area contributed by atoms with Gasteiger partial charge in [0.2, 0.25) is 0 Å². The molecule has 1 heterocycles. The first-order valence-corrected chi connectivity index (χ1v) is 8.05. The summed E-state index contributed by atoms with van der Waals surface area (Å²) in [6.07, 6.45) is -0.654. The molecule has 1 aromatic carbocycles. The van der Waals surface area contributed by atoms with Crippen LogP contribution in [0.3, 0.4) is 0 Å². The van der Waals surface area contributed by atoms with Crippen LogP contribution in [0.25, 0.3) is 0 Å². The number of benzene rings is 1. The summed E-state index contributed by atoms with van der Waals surface area (Å²) in [5, 5.41) is 6.48. The van der Waals surface area contributed by atoms with Gasteiger partial charge in [-0.2, -0.15) is 11.3 Å². The van der Waals surface area contributed by atoms with Gasteiger partial charge in [-0.1, -0.05) is 15.9 Å². The summed E-state index contributed by atoms with van der Waals surface area (Å²) in [4.78, 5) is 23.7. The number of anilines is 1. The summed E-state index contributed by atoms with van der Waals surface area (Å²) in [5.74, 6) is -0.761. The minimum atomic E-state index is -0.834. The third-order valence-electron chi connectivity index (χ3n) is 2.72. The molecule has 0 aliphatic carbocycles. The fraction of sp³-hybridized carbons (Fsp3) is 0.200. The number of halogens is 1. The van der Waals surface area contributed by atoms with Crippen LogP contribution in [0.1, 0.15) is 12.5 Å². The van der Waals surface area contributed by atoms with E-state index in [1.54, 1.807) is 19.1 Å². The number of carbonyl (C=O) groups excluding carboxylic acids is 2. The molecule has 4 nitrogen and oxygen atoms in total. The average molecular weight is 368 g/mol. The van der Waals surface area contributed by atoms with E-state index in [2.05, 4.69) is 21.2 Å². The van der Waals surface area contributed by atoms with E-state index < -0.39 is 12.1 Å². The van der Waals surface area contributed by atoms with E-state index in [1.807, 2.05) is 29.0 Å². The molecule has 0 saturated carbocycles. The van der Waals surface area contributed by atoms with E-state index >= 15 is 0 Å². The lowest BCUT2D eigenvalue weighted by molar-refractivity contribution is -0.152. The van der Waals surface area contributed by atoms with Crippen LogP contribution in [0.5, 0.6) is 0 Å². The molecule has 0 saturated heterocycles. The van der Waals surface area contributed by atoms with Gasteiger partial charge in [0.1, 0.15) is 0 Å². The Balaban J connectivity index is 1.84. The molecule has 2 rings (SSSR count). The van der Waals surface area contributed by atoms with Crippen LogP contribution in [0, 0.1) is 0 Å². The monoisotopic (exact) mass is 367 g/mol. The summed E-state index contributed by atoms with van der Waals surface area (Å²) in [7, 11) is 0. The average Bonchev–Trinajstić information content (AvgIpc) is 2.94. The Kier molecular flexibility index (Phi) is 5.52. The van der Waals surface area contributed by atoms with Crippen molar-refractivity contribution in [1.82, 2.24) is 0 Å². The van der Waals surface area contributed by atoms with Gasteiger partial charge in [-0.3, -0.25) is 9.59 Å². The van der Waals surface area contributed by atoms with Crippen molar-refractivity contribution in [1.29, 1.82) is 0 Å². The number of thiophene rings is 1. The highest BCUT2D eigenvalue weighted by atomic mass is 79.9. The summed E-state index contributed by atoms with van der Waals surface area (Å²) < 4.78 is 6.05. The van der Waals surface area contributed by atoms with Gasteiger partial charge in [-0.05, 0) is 53.6 Å². The highest BCUT2D eigenvalue weighted by molar-refractivity contribution is 9.10. The topological polar surface area (TPSA) is 55.4 Å². The maximum atomic E-state index is 11.9. The zero-order valence-electron chi connectivity index (χ0n) is 11.3. The van der Waals surface area contributed by atoms with Crippen molar-refractivity contribution in [2.45, 2.75) is 19.4 Å². The van der Waals surface area contributed by atoms with Crippen molar-refractivity contribution in [2.24, 2.45) is 0 Å². The molecule has 0 radical (unpaired) electrons. The lowest BCUT2D eigenvalue weighted by Gasteiger charge is -2.13. The van der Waals surface area contributed by atoms with E-state index in [-0.39, 0.29) is 12.3 Å². The highest BCUT2D eigenvalue weighted by Gasteiger charge is 2.18.